The van der Waals surface area contributed by atoms with E-state index in [1.807, 2.05) is 42.5 Å². The summed E-state index contributed by atoms with van der Waals surface area (Å²) in [4.78, 5) is 0. The van der Waals surface area contributed by atoms with Crippen molar-refractivity contribution >= 4 is 13.8 Å². The van der Waals surface area contributed by atoms with Crippen molar-refractivity contribution in [3.05, 3.63) is 53.6 Å². The molecule has 2 N–H and O–H groups in total. The fourth-order valence-corrected chi connectivity index (χ4v) is 2.47. The molecule has 2 rings (SSSR count). The summed E-state index contributed by atoms with van der Waals surface area (Å²) in [7, 11) is -1.40. The van der Waals surface area contributed by atoms with Gasteiger partial charge in [-0.3, -0.25) is 0 Å². The molecule has 0 bridgehead atoms. The molecule has 0 spiro atoms. The highest BCUT2D eigenvalue weighted by molar-refractivity contribution is 6.83. The van der Waals surface area contributed by atoms with Gasteiger partial charge in [-0.25, -0.2) is 0 Å². The lowest BCUT2D eigenvalue weighted by molar-refractivity contribution is 1.56. The average Bonchev–Trinajstić information content (AvgIpc) is 2.45. The Hall–Kier alpha value is -2.42. The minimum atomic E-state index is -1.40. The highest BCUT2D eigenvalue weighted by Gasteiger charge is 2.09. The van der Waals surface area contributed by atoms with Crippen LogP contribution < -0.4 is 5.73 Å². The van der Waals surface area contributed by atoms with Gasteiger partial charge < -0.3 is 5.73 Å². The number of terminal acetylenes is 1. The Kier molecular flexibility index (Phi) is 4.22. The van der Waals surface area contributed by atoms with E-state index in [9.17, 15) is 0 Å². The third kappa shape index (κ3) is 3.78. The first-order valence-electron chi connectivity index (χ1n) is 6.89. The molecular weight excluding hydrogens is 270 g/mol. The van der Waals surface area contributed by atoms with Gasteiger partial charge >= 0.3 is 0 Å². The van der Waals surface area contributed by atoms with Crippen molar-refractivity contribution < 1.29 is 0 Å². The van der Waals surface area contributed by atoms with Crippen LogP contribution in [-0.2, 0) is 0 Å². The van der Waals surface area contributed by atoms with Gasteiger partial charge in [0.1, 0.15) is 8.07 Å². The molecule has 0 radical (unpaired) electrons. The summed E-state index contributed by atoms with van der Waals surface area (Å²) in [6.07, 6.45) is 5.55. The quantitative estimate of drug-likeness (QED) is 0.476. The number of anilines is 1. The maximum atomic E-state index is 6.14. The molecule has 0 unspecified atom stereocenters. The lowest BCUT2D eigenvalue weighted by atomic mass is 9.98. The van der Waals surface area contributed by atoms with E-state index < -0.39 is 8.07 Å². The van der Waals surface area contributed by atoms with E-state index in [1.54, 1.807) is 0 Å². The highest BCUT2D eigenvalue weighted by atomic mass is 28.3. The van der Waals surface area contributed by atoms with Crippen LogP contribution in [0.4, 0.5) is 5.69 Å². The second-order valence-electron chi connectivity index (χ2n) is 5.99. The van der Waals surface area contributed by atoms with Gasteiger partial charge in [0, 0.05) is 16.8 Å². The van der Waals surface area contributed by atoms with E-state index in [1.165, 1.54) is 0 Å². The van der Waals surface area contributed by atoms with Crippen molar-refractivity contribution in [2.75, 3.05) is 5.73 Å². The van der Waals surface area contributed by atoms with Crippen molar-refractivity contribution in [1.82, 2.24) is 0 Å². The first-order chi connectivity index (χ1) is 9.90. The zero-order valence-electron chi connectivity index (χ0n) is 12.7. The number of nitrogens with two attached hydrogens (primary N) is 1. The van der Waals surface area contributed by atoms with E-state index in [-0.39, 0.29) is 0 Å². The van der Waals surface area contributed by atoms with E-state index in [2.05, 4.69) is 37.0 Å². The normalized spacial score (nSPS) is 10.4. The zero-order chi connectivity index (χ0) is 15.5. The summed E-state index contributed by atoms with van der Waals surface area (Å²) in [5.41, 5.74) is 14.0. The standard InChI is InChI=1S/C19H19NSi/c1-5-15-8-6-7-9-18(15)17-11-10-16(19(20)14-17)12-13-21(2,3)4/h1,6-11,14H,20H2,2-4H3. The number of rotatable bonds is 1. The maximum Gasteiger partial charge on any atom is 0.129 e. The first-order valence-corrected chi connectivity index (χ1v) is 10.4. The number of nitrogen functional groups attached to an aromatic ring is 1. The SMILES string of the molecule is C#Cc1ccccc1-c1ccc(C#C[Si](C)(C)C)c(N)c1. The zero-order valence-corrected chi connectivity index (χ0v) is 13.7. The van der Waals surface area contributed by atoms with Crippen molar-refractivity contribution in [3.63, 3.8) is 0 Å². The van der Waals surface area contributed by atoms with Crippen LogP contribution in [-0.4, -0.2) is 8.07 Å². The van der Waals surface area contributed by atoms with Crippen LogP contribution in [0.1, 0.15) is 11.1 Å². The number of benzene rings is 2. The number of hydrogen-bond acceptors (Lipinski definition) is 1. The Morgan fingerprint density at radius 1 is 1.00 bits per heavy atom. The molecule has 2 heteroatoms. The third-order valence-corrected chi connectivity index (χ3v) is 3.89. The molecule has 0 fully saturated rings. The Morgan fingerprint density at radius 2 is 1.71 bits per heavy atom. The smallest absolute Gasteiger partial charge is 0.129 e. The fraction of sp³-hybridized carbons (Fsp3) is 0.158. The molecule has 0 saturated heterocycles. The van der Waals surface area contributed by atoms with E-state index in [0.29, 0.717) is 5.69 Å². The molecule has 0 aliphatic rings. The van der Waals surface area contributed by atoms with Crippen LogP contribution >= 0.6 is 0 Å². The van der Waals surface area contributed by atoms with Crippen LogP contribution in [0.15, 0.2) is 42.5 Å². The Labute approximate surface area is 128 Å². The molecule has 0 heterocycles. The highest BCUT2D eigenvalue weighted by Crippen LogP contribution is 2.26. The molecule has 0 amide bonds. The van der Waals surface area contributed by atoms with Gasteiger partial charge in [0.15, 0.2) is 0 Å². The Bertz CT molecular complexity index is 765. The predicted octanol–water partition coefficient (Wildman–Crippen LogP) is 4.15. The summed E-state index contributed by atoms with van der Waals surface area (Å²) >= 11 is 0. The lowest BCUT2D eigenvalue weighted by Crippen LogP contribution is -2.16. The topological polar surface area (TPSA) is 26.0 Å². The second-order valence-corrected chi connectivity index (χ2v) is 10.7. The largest absolute Gasteiger partial charge is 0.398 e. The average molecular weight is 289 g/mol. The Morgan fingerprint density at radius 3 is 2.33 bits per heavy atom. The molecule has 1 nitrogen and oxygen atoms in total. The van der Waals surface area contributed by atoms with E-state index >= 15 is 0 Å². The van der Waals surface area contributed by atoms with Crippen LogP contribution in [0, 0.1) is 23.8 Å². The molecule has 21 heavy (non-hydrogen) atoms. The molecule has 0 aliphatic heterocycles. The Balaban J connectivity index is 2.44. The van der Waals surface area contributed by atoms with Crippen molar-refractivity contribution in [3.8, 4) is 34.9 Å². The molecule has 0 atom stereocenters. The summed E-state index contributed by atoms with van der Waals surface area (Å²) in [6, 6.07) is 13.8. The first kappa shape index (κ1) is 15.0. The molecule has 0 aliphatic carbocycles. The van der Waals surface area contributed by atoms with E-state index in [0.717, 1.165) is 22.3 Å². The third-order valence-electron chi connectivity index (χ3n) is 3.02. The van der Waals surface area contributed by atoms with Gasteiger partial charge in [-0.05, 0) is 29.3 Å². The molecule has 104 valence electrons. The molecule has 0 saturated carbocycles. The van der Waals surface area contributed by atoms with Gasteiger partial charge in [0.05, 0.1) is 0 Å². The van der Waals surface area contributed by atoms with Gasteiger partial charge in [-0.1, -0.05) is 55.7 Å². The summed E-state index contributed by atoms with van der Waals surface area (Å²) in [5, 5.41) is 0. The van der Waals surface area contributed by atoms with Crippen molar-refractivity contribution in [2.24, 2.45) is 0 Å². The van der Waals surface area contributed by atoms with Gasteiger partial charge in [-0.2, -0.15) is 0 Å². The molecule has 2 aromatic carbocycles. The maximum absolute atomic E-state index is 6.14. The monoisotopic (exact) mass is 289 g/mol. The predicted molar refractivity (Wildman–Crippen MR) is 94.4 cm³/mol. The summed E-state index contributed by atoms with van der Waals surface area (Å²) < 4.78 is 0. The molecular formula is C19H19NSi. The fourth-order valence-electron chi connectivity index (χ4n) is 1.96. The van der Waals surface area contributed by atoms with Crippen LogP contribution in [0.25, 0.3) is 11.1 Å². The van der Waals surface area contributed by atoms with Crippen LogP contribution in [0.2, 0.25) is 19.6 Å². The molecule has 2 aromatic rings. The van der Waals surface area contributed by atoms with Crippen LogP contribution in [0.3, 0.4) is 0 Å². The lowest BCUT2D eigenvalue weighted by Gasteiger charge is -2.08. The van der Waals surface area contributed by atoms with Crippen LogP contribution in [0.5, 0.6) is 0 Å². The van der Waals surface area contributed by atoms with E-state index in [4.69, 9.17) is 12.2 Å². The van der Waals surface area contributed by atoms with Gasteiger partial charge in [0.2, 0.25) is 0 Å². The van der Waals surface area contributed by atoms with Crippen molar-refractivity contribution in [1.29, 1.82) is 0 Å². The second kappa shape index (κ2) is 5.91. The minimum absolute atomic E-state index is 0.699. The molecule has 0 aromatic heterocycles. The summed E-state index contributed by atoms with van der Waals surface area (Å²) in [5.74, 6) is 5.92. The number of hydrogen-bond donors (Lipinski definition) is 1. The summed E-state index contributed by atoms with van der Waals surface area (Å²) in [6.45, 7) is 6.65. The van der Waals surface area contributed by atoms with Gasteiger partial charge in [-0.15, -0.1) is 12.0 Å². The van der Waals surface area contributed by atoms with Gasteiger partial charge in [0.25, 0.3) is 0 Å². The minimum Gasteiger partial charge on any atom is -0.398 e. The van der Waals surface area contributed by atoms with Crippen molar-refractivity contribution in [2.45, 2.75) is 19.6 Å².